The van der Waals surface area contributed by atoms with Crippen LogP contribution in [0.5, 0.6) is 0 Å². The van der Waals surface area contributed by atoms with Crippen molar-refractivity contribution in [1.82, 2.24) is 36.2 Å². The van der Waals surface area contributed by atoms with E-state index in [1.165, 1.54) is 12.1 Å². The fourth-order valence-electron chi connectivity index (χ4n) is 4.94. The average Bonchev–Trinajstić information content (AvgIpc) is 3.33. The zero-order chi connectivity index (χ0) is 25.5. The maximum absolute atomic E-state index is 13.4. The Balaban J connectivity index is 1.50. The first-order chi connectivity index (χ1) is 17.5. The summed E-state index contributed by atoms with van der Waals surface area (Å²) in [6, 6.07) is 12.4. The lowest BCUT2D eigenvalue weighted by Crippen LogP contribution is -2.56. The second kappa shape index (κ2) is 12.0. The third-order valence-corrected chi connectivity index (χ3v) is 6.93. The van der Waals surface area contributed by atoms with E-state index in [0.717, 1.165) is 55.5 Å². The monoisotopic (exact) mass is 494 g/mol. The minimum atomic E-state index is -0.255. The van der Waals surface area contributed by atoms with Gasteiger partial charge in [0.05, 0.1) is 0 Å². The smallest absolute Gasteiger partial charge is 0.319 e. The van der Waals surface area contributed by atoms with Crippen LogP contribution in [0.3, 0.4) is 0 Å². The normalized spacial score (nSPS) is 18.6. The largest absolute Gasteiger partial charge is 0.335 e. The van der Waals surface area contributed by atoms with E-state index in [1.54, 1.807) is 23.9 Å². The Kier molecular flexibility index (Phi) is 8.61. The van der Waals surface area contributed by atoms with Crippen LogP contribution in [-0.4, -0.2) is 58.5 Å². The number of tetrazole rings is 1. The molecule has 0 saturated carbocycles. The van der Waals surface area contributed by atoms with Crippen molar-refractivity contribution in [3.63, 3.8) is 0 Å². The van der Waals surface area contributed by atoms with E-state index in [9.17, 15) is 9.18 Å². The minimum Gasteiger partial charge on any atom is -0.335 e. The molecule has 0 radical (unpaired) electrons. The molecule has 3 atom stereocenters. The Morgan fingerprint density at radius 3 is 2.72 bits per heavy atom. The number of amides is 2. The van der Waals surface area contributed by atoms with Gasteiger partial charge < -0.3 is 21.3 Å². The van der Waals surface area contributed by atoms with Gasteiger partial charge in [0.25, 0.3) is 0 Å². The van der Waals surface area contributed by atoms with E-state index in [4.69, 9.17) is 0 Å². The van der Waals surface area contributed by atoms with E-state index < -0.39 is 0 Å². The Hall–Kier alpha value is -3.37. The van der Waals surface area contributed by atoms with Gasteiger partial charge in [0.1, 0.15) is 5.82 Å². The third-order valence-electron chi connectivity index (χ3n) is 6.93. The first kappa shape index (κ1) is 25.7. The van der Waals surface area contributed by atoms with Crippen LogP contribution in [-0.2, 0) is 19.9 Å². The first-order valence-electron chi connectivity index (χ1n) is 12.5. The second-order valence-corrected chi connectivity index (χ2v) is 9.32. The molecule has 2 amide bonds. The molecule has 2 heterocycles. The standard InChI is InChI=1S/C26H35FN8O/c1-4-17-13-19(25-32-33-34-35(25)3)15-21(14-17)30-26(36)31-24(22-16-29-12-11-23(22)28-2)10-7-18-5-8-20(27)9-6-18/h5-6,8-9,13-15,22-24,28-29H,4,7,10-12,16H2,1-3H3,(H2,30,31,36). The summed E-state index contributed by atoms with van der Waals surface area (Å²) < 4.78 is 15.0. The molecule has 1 saturated heterocycles. The van der Waals surface area contributed by atoms with Gasteiger partial charge in [-0.3, -0.25) is 0 Å². The summed E-state index contributed by atoms with van der Waals surface area (Å²) in [5.41, 5.74) is 3.65. The van der Waals surface area contributed by atoms with Crippen molar-refractivity contribution in [2.45, 2.75) is 44.7 Å². The molecule has 4 rings (SSSR count). The number of hydrogen-bond donors (Lipinski definition) is 4. The number of aryl methyl sites for hydroxylation is 3. The molecule has 1 aliphatic heterocycles. The Morgan fingerprint density at radius 2 is 2.03 bits per heavy atom. The van der Waals surface area contributed by atoms with Crippen LogP contribution >= 0.6 is 0 Å². The van der Waals surface area contributed by atoms with Gasteiger partial charge in [0, 0.05) is 42.8 Å². The number of piperidine rings is 1. The lowest BCUT2D eigenvalue weighted by molar-refractivity contribution is 0.209. The van der Waals surface area contributed by atoms with Gasteiger partial charge >= 0.3 is 6.03 Å². The molecule has 3 aromatic rings. The maximum Gasteiger partial charge on any atom is 0.319 e. The number of nitrogens with one attached hydrogen (secondary N) is 4. The van der Waals surface area contributed by atoms with Crippen molar-refractivity contribution in [2.75, 3.05) is 25.5 Å². The van der Waals surface area contributed by atoms with Crippen molar-refractivity contribution in [1.29, 1.82) is 0 Å². The van der Waals surface area contributed by atoms with E-state index in [1.807, 2.05) is 25.2 Å². The van der Waals surface area contributed by atoms with Gasteiger partial charge in [-0.05, 0) is 91.2 Å². The molecule has 1 aliphatic rings. The molecule has 2 aromatic carbocycles. The van der Waals surface area contributed by atoms with Crippen LogP contribution in [0.15, 0.2) is 42.5 Å². The third kappa shape index (κ3) is 6.44. The molecule has 192 valence electrons. The number of nitrogens with zero attached hydrogens (tertiary/aromatic N) is 4. The van der Waals surface area contributed by atoms with E-state index in [2.05, 4.69) is 43.7 Å². The highest BCUT2D eigenvalue weighted by atomic mass is 19.1. The number of halogens is 1. The minimum absolute atomic E-state index is 0.0722. The summed E-state index contributed by atoms with van der Waals surface area (Å²) in [6.07, 6.45) is 3.29. The fourth-order valence-corrected chi connectivity index (χ4v) is 4.94. The summed E-state index contributed by atoms with van der Waals surface area (Å²) in [6.45, 7) is 3.83. The number of carbonyl (C=O) groups is 1. The van der Waals surface area contributed by atoms with Crippen LogP contribution in [0.2, 0.25) is 0 Å². The molecule has 9 nitrogen and oxygen atoms in total. The predicted molar refractivity (Wildman–Crippen MR) is 138 cm³/mol. The molecule has 0 spiro atoms. The highest BCUT2D eigenvalue weighted by Gasteiger charge is 2.32. The summed E-state index contributed by atoms with van der Waals surface area (Å²) >= 11 is 0. The molecule has 3 unspecified atom stereocenters. The van der Waals surface area contributed by atoms with E-state index >= 15 is 0 Å². The number of benzene rings is 2. The molecule has 0 aliphatic carbocycles. The Bertz CT molecular complexity index is 1150. The van der Waals surface area contributed by atoms with Gasteiger partial charge in [-0.25, -0.2) is 13.9 Å². The number of aromatic nitrogens is 4. The Morgan fingerprint density at radius 1 is 1.22 bits per heavy atom. The topological polar surface area (TPSA) is 109 Å². The highest BCUT2D eigenvalue weighted by molar-refractivity contribution is 5.90. The Labute approximate surface area is 211 Å². The fraction of sp³-hybridized carbons (Fsp3) is 0.462. The first-order valence-corrected chi connectivity index (χ1v) is 12.5. The highest BCUT2D eigenvalue weighted by Crippen LogP contribution is 2.24. The summed E-state index contributed by atoms with van der Waals surface area (Å²) in [5, 5.41) is 24.9. The summed E-state index contributed by atoms with van der Waals surface area (Å²) in [4.78, 5) is 13.2. The lowest BCUT2D eigenvalue weighted by Gasteiger charge is -2.38. The SMILES string of the molecule is CCc1cc(NC(=O)NC(CCc2ccc(F)cc2)C2CNCCC2NC)cc(-c2nnnn2C)c1. The van der Waals surface area contributed by atoms with Crippen LogP contribution in [0.1, 0.15) is 30.9 Å². The molecule has 0 bridgehead atoms. The average molecular weight is 495 g/mol. The van der Waals surface area contributed by atoms with E-state index in [-0.39, 0.29) is 23.8 Å². The summed E-state index contributed by atoms with van der Waals surface area (Å²) in [5.74, 6) is 0.610. The molecule has 4 N–H and O–H groups in total. The van der Waals surface area contributed by atoms with Gasteiger partial charge in [-0.1, -0.05) is 19.1 Å². The summed E-state index contributed by atoms with van der Waals surface area (Å²) in [7, 11) is 3.76. The van der Waals surface area contributed by atoms with Gasteiger partial charge in [-0.2, -0.15) is 0 Å². The van der Waals surface area contributed by atoms with Crippen LogP contribution in [0.25, 0.3) is 11.4 Å². The number of rotatable bonds is 9. The van der Waals surface area contributed by atoms with Crippen molar-refractivity contribution < 1.29 is 9.18 Å². The van der Waals surface area contributed by atoms with Crippen molar-refractivity contribution in [3.05, 3.63) is 59.4 Å². The maximum atomic E-state index is 13.4. The van der Waals surface area contributed by atoms with Gasteiger partial charge in [-0.15, -0.1) is 5.10 Å². The van der Waals surface area contributed by atoms with E-state index in [0.29, 0.717) is 17.6 Å². The van der Waals surface area contributed by atoms with Crippen molar-refractivity contribution >= 4 is 11.7 Å². The van der Waals surface area contributed by atoms with Crippen LogP contribution in [0.4, 0.5) is 14.9 Å². The quantitative estimate of drug-likeness (QED) is 0.364. The molecular weight excluding hydrogens is 459 g/mol. The lowest BCUT2D eigenvalue weighted by atomic mass is 9.84. The van der Waals surface area contributed by atoms with Crippen molar-refractivity contribution in [2.24, 2.45) is 13.0 Å². The number of anilines is 1. The number of carbonyl (C=O) groups excluding carboxylic acids is 1. The van der Waals surface area contributed by atoms with Crippen molar-refractivity contribution in [3.8, 4) is 11.4 Å². The van der Waals surface area contributed by atoms with Crippen LogP contribution < -0.4 is 21.3 Å². The number of urea groups is 1. The molecule has 1 aromatic heterocycles. The number of hydrogen-bond acceptors (Lipinski definition) is 6. The van der Waals surface area contributed by atoms with Gasteiger partial charge in [0.15, 0.2) is 5.82 Å². The second-order valence-electron chi connectivity index (χ2n) is 9.32. The zero-order valence-electron chi connectivity index (χ0n) is 21.1. The molecule has 10 heteroatoms. The molecular formula is C26H35FN8O. The molecule has 36 heavy (non-hydrogen) atoms. The predicted octanol–water partition coefficient (Wildman–Crippen LogP) is 2.90. The molecule has 1 fully saturated rings. The van der Waals surface area contributed by atoms with Crippen LogP contribution in [0, 0.1) is 11.7 Å². The zero-order valence-corrected chi connectivity index (χ0v) is 21.1. The van der Waals surface area contributed by atoms with Gasteiger partial charge in [0.2, 0.25) is 0 Å².